The third-order valence-electron chi connectivity index (χ3n) is 2.21. The standard InChI is InChI=1S/C10H16O3/c1-6(2)13-10(12)8-4-7(3)5-9(8)11/h6-8H,4-5H2,1-3H3/t7?,8-/m1/s1. The van der Waals surface area contributed by atoms with Crippen LogP contribution in [0.3, 0.4) is 0 Å². The summed E-state index contributed by atoms with van der Waals surface area (Å²) >= 11 is 0. The highest BCUT2D eigenvalue weighted by Gasteiger charge is 2.36. The van der Waals surface area contributed by atoms with Crippen molar-refractivity contribution in [3.05, 3.63) is 0 Å². The van der Waals surface area contributed by atoms with Crippen molar-refractivity contribution in [2.24, 2.45) is 11.8 Å². The Morgan fingerprint density at radius 3 is 2.54 bits per heavy atom. The second kappa shape index (κ2) is 3.90. The van der Waals surface area contributed by atoms with E-state index in [1.165, 1.54) is 0 Å². The molecule has 1 aliphatic carbocycles. The van der Waals surface area contributed by atoms with Crippen LogP contribution >= 0.6 is 0 Å². The van der Waals surface area contributed by atoms with Gasteiger partial charge < -0.3 is 4.74 Å². The van der Waals surface area contributed by atoms with Crippen LogP contribution < -0.4 is 0 Å². The summed E-state index contributed by atoms with van der Waals surface area (Å²) < 4.78 is 4.99. The average Bonchev–Trinajstić information content (AvgIpc) is 2.28. The molecule has 0 saturated heterocycles. The van der Waals surface area contributed by atoms with Crippen molar-refractivity contribution in [2.75, 3.05) is 0 Å². The van der Waals surface area contributed by atoms with E-state index in [1.807, 2.05) is 6.92 Å². The highest BCUT2D eigenvalue weighted by molar-refractivity contribution is 6.00. The zero-order chi connectivity index (χ0) is 10.0. The van der Waals surface area contributed by atoms with Gasteiger partial charge in [0.15, 0.2) is 0 Å². The van der Waals surface area contributed by atoms with Crippen molar-refractivity contribution in [1.29, 1.82) is 0 Å². The van der Waals surface area contributed by atoms with E-state index in [1.54, 1.807) is 13.8 Å². The molecule has 1 rings (SSSR count). The molecule has 2 atom stereocenters. The summed E-state index contributed by atoms with van der Waals surface area (Å²) in [7, 11) is 0. The maximum atomic E-state index is 11.4. The third-order valence-corrected chi connectivity index (χ3v) is 2.21. The number of rotatable bonds is 2. The smallest absolute Gasteiger partial charge is 0.316 e. The molecule has 1 fully saturated rings. The van der Waals surface area contributed by atoms with Crippen LogP contribution in [0.1, 0.15) is 33.6 Å². The van der Waals surface area contributed by atoms with Crippen molar-refractivity contribution in [3.8, 4) is 0 Å². The van der Waals surface area contributed by atoms with Crippen LogP contribution in [0.5, 0.6) is 0 Å². The number of ether oxygens (including phenoxy) is 1. The van der Waals surface area contributed by atoms with Crippen LogP contribution in [-0.2, 0) is 14.3 Å². The van der Waals surface area contributed by atoms with Crippen molar-refractivity contribution in [3.63, 3.8) is 0 Å². The Morgan fingerprint density at radius 1 is 1.54 bits per heavy atom. The van der Waals surface area contributed by atoms with Crippen molar-refractivity contribution in [2.45, 2.75) is 39.7 Å². The molecule has 1 unspecified atom stereocenters. The quantitative estimate of drug-likeness (QED) is 0.483. The van der Waals surface area contributed by atoms with Crippen LogP contribution in [0, 0.1) is 11.8 Å². The van der Waals surface area contributed by atoms with Gasteiger partial charge in [-0.2, -0.15) is 0 Å². The summed E-state index contributed by atoms with van der Waals surface area (Å²) in [6, 6.07) is 0. The lowest BCUT2D eigenvalue weighted by Gasteiger charge is -2.11. The second-order valence-corrected chi connectivity index (χ2v) is 4.05. The van der Waals surface area contributed by atoms with Gasteiger partial charge in [0.1, 0.15) is 11.7 Å². The molecule has 0 aromatic heterocycles. The highest BCUT2D eigenvalue weighted by atomic mass is 16.5. The first kappa shape index (κ1) is 10.2. The lowest BCUT2D eigenvalue weighted by molar-refractivity contribution is -0.154. The molecule has 74 valence electrons. The molecule has 0 aromatic rings. The van der Waals surface area contributed by atoms with Crippen molar-refractivity contribution in [1.82, 2.24) is 0 Å². The summed E-state index contributed by atoms with van der Waals surface area (Å²) in [5.41, 5.74) is 0. The molecule has 1 saturated carbocycles. The molecule has 1 aliphatic rings. The maximum Gasteiger partial charge on any atom is 0.316 e. The van der Waals surface area contributed by atoms with Gasteiger partial charge in [-0.1, -0.05) is 6.92 Å². The molecule has 0 amide bonds. The zero-order valence-corrected chi connectivity index (χ0v) is 8.37. The van der Waals surface area contributed by atoms with Gasteiger partial charge in [-0.15, -0.1) is 0 Å². The summed E-state index contributed by atoms with van der Waals surface area (Å²) in [5, 5.41) is 0. The largest absolute Gasteiger partial charge is 0.462 e. The van der Waals surface area contributed by atoms with Crippen molar-refractivity contribution >= 4 is 11.8 Å². The lowest BCUT2D eigenvalue weighted by atomic mass is 10.1. The van der Waals surface area contributed by atoms with Gasteiger partial charge in [-0.25, -0.2) is 0 Å². The number of hydrogen-bond acceptors (Lipinski definition) is 3. The maximum absolute atomic E-state index is 11.4. The molecule has 0 radical (unpaired) electrons. The number of carbonyl (C=O) groups excluding carboxylic acids is 2. The Labute approximate surface area is 78.5 Å². The van der Waals surface area contributed by atoms with E-state index in [0.717, 1.165) is 0 Å². The first-order chi connectivity index (χ1) is 6.00. The molecule has 0 N–H and O–H groups in total. The van der Waals surface area contributed by atoms with E-state index in [0.29, 0.717) is 18.8 Å². The van der Waals surface area contributed by atoms with Gasteiger partial charge in [0.2, 0.25) is 0 Å². The van der Waals surface area contributed by atoms with Crippen LogP contribution in [-0.4, -0.2) is 17.9 Å². The molecule has 0 bridgehead atoms. The Kier molecular flexibility index (Phi) is 3.07. The number of hydrogen-bond donors (Lipinski definition) is 0. The fourth-order valence-corrected chi connectivity index (χ4v) is 1.64. The number of ketones is 1. The summed E-state index contributed by atoms with van der Waals surface area (Å²) in [6.45, 7) is 5.57. The second-order valence-electron chi connectivity index (χ2n) is 4.05. The van der Waals surface area contributed by atoms with E-state index in [2.05, 4.69) is 0 Å². The van der Waals surface area contributed by atoms with Gasteiger partial charge in [-0.3, -0.25) is 9.59 Å². The van der Waals surface area contributed by atoms with E-state index in [-0.39, 0.29) is 17.9 Å². The fourth-order valence-electron chi connectivity index (χ4n) is 1.64. The van der Waals surface area contributed by atoms with Gasteiger partial charge in [-0.05, 0) is 26.2 Å². The topological polar surface area (TPSA) is 43.4 Å². The summed E-state index contributed by atoms with van der Waals surface area (Å²) in [6.07, 6.45) is 1.05. The van der Waals surface area contributed by atoms with E-state index >= 15 is 0 Å². The highest BCUT2D eigenvalue weighted by Crippen LogP contribution is 2.28. The van der Waals surface area contributed by atoms with Crippen LogP contribution in [0.2, 0.25) is 0 Å². The van der Waals surface area contributed by atoms with Crippen LogP contribution in [0.15, 0.2) is 0 Å². The van der Waals surface area contributed by atoms with Gasteiger partial charge >= 0.3 is 5.97 Å². The van der Waals surface area contributed by atoms with Crippen LogP contribution in [0.25, 0.3) is 0 Å². The molecule has 0 aromatic carbocycles. The van der Waals surface area contributed by atoms with E-state index in [4.69, 9.17) is 4.74 Å². The third kappa shape index (κ3) is 2.54. The predicted octanol–water partition coefficient (Wildman–Crippen LogP) is 1.55. The fraction of sp³-hybridized carbons (Fsp3) is 0.800. The monoisotopic (exact) mass is 184 g/mol. The first-order valence-corrected chi connectivity index (χ1v) is 4.74. The molecule has 3 nitrogen and oxygen atoms in total. The number of carbonyl (C=O) groups is 2. The first-order valence-electron chi connectivity index (χ1n) is 4.74. The SMILES string of the molecule is CC1CC(=O)[C@H](C(=O)OC(C)C)C1. The molecular weight excluding hydrogens is 168 g/mol. The molecule has 0 spiro atoms. The van der Waals surface area contributed by atoms with E-state index < -0.39 is 5.92 Å². The molecule has 0 heterocycles. The summed E-state index contributed by atoms with van der Waals surface area (Å²) in [5.74, 6) is -0.461. The molecular formula is C10H16O3. The Bertz CT molecular complexity index is 220. The molecule has 13 heavy (non-hydrogen) atoms. The Hall–Kier alpha value is -0.860. The minimum absolute atomic E-state index is 0.0400. The molecule has 0 aliphatic heterocycles. The normalized spacial score (nSPS) is 28.2. The predicted molar refractivity (Wildman–Crippen MR) is 48.1 cm³/mol. The van der Waals surface area contributed by atoms with Gasteiger partial charge in [0, 0.05) is 6.42 Å². The number of Topliss-reactive ketones (excluding diaryl/α,β-unsaturated/α-hetero) is 1. The number of esters is 1. The van der Waals surface area contributed by atoms with Crippen LogP contribution in [0.4, 0.5) is 0 Å². The Morgan fingerprint density at radius 2 is 2.15 bits per heavy atom. The minimum Gasteiger partial charge on any atom is -0.462 e. The lowest BCUT2D eigenvalue weighted by Crippen LogP contribution is -2.24. The van der Waals surface area contributed by atoms with Crippen molar-refractivity contribution < 1.29 is 14.3 Å². The average molecular weight is 184 g/mol. The van der Waals surface area contributed by atoms with E-state index in [9.17, 15) is 9.59 Å². The Balaban J connectivity index is 2.52. The zero-order valence-electron chi connectivity index (χ0n) is 8.37. The van der Waals surface area contributed by atoms with Gasteiger partial charge in [0.25, 0.3) is 0 Å². The summed E-state index contributed by atoms with van der Waals surface area (Å²) in [4.78, 5) is 22.7. The minimum atomic E-state index is -0.489. The molecule has 3 heteroatoms. The van der Waals surface area contributed by atoms with Gasteiger partial charge in [0.05, 0.1) is 6.10 Å².